The van der Waals surface area contributed by atoms with Gasteiger partial charge in [0.2, 0.25) is 5.91 Å². The molecule has 4 nitrogen and oxygen atoms in total. The van der Waals surface area contributed by atoms with Gasteiger partial charge in [0.15, 0.2) is 0 Å². The summed E-state index contributed by atoms with van der Waals surface area (Å²) in [5.74, 6) is -1.03. The van der Waals surface area contributed by atoms with Crippen molar-refractivity contribution >= 4 is 17.6 Å². The molecule has 1 unspecified atom stereocenters. The zero-order valence-electron chi connectivity index (χ0n) is 13.9. The summed E-state index contributed by atoms with van der Waals surface area (Å²) in [5.41, 5.74) is 2.63. The van der Waals surface area contributed by atoms with E-state index in [1.807, 2.05) is 54.6 Å². The molecular formula is C20H23NO3. The van der Waals surface area contributed by atoms with Crippen LogP contribution in [0.4, 0.5) is 5.69 Å². The molecule has 0 fully saturated rings. The van der Waals surface area contributed by atoms with E-state index in [1.165, 1.54) is 0 Å². The number of rotatable bonds is 8. The Labute approximate surface area is 142 Å². The van der Waals surface area contributed by atoms with Crippen LogP contribution in [0.2, 0.25) is 0 Å². The van der Waals surface area contributed by atoms with Crippen molar-refractivity contribution in [1.82, 2.24) is 0 Å². The van der Waals surface area contributed by atoms with Crippen LogP contribution in [-0.4, -0.2) is 17.0 Å². The average molecular weight is 325 g/mol. The van der Waals surface area contributed by atoms with Crippen molar-refractivity contribution in [2.24, 2.45) is 0 Å². The van der Waals surface area contributed by atoms with Gasteiger partial charge in [-0.05, 0) is 36.1 Å². The van der Waals surface area contributed by atoms with Crippen LogP contribution in [0, 0.1) is 0 Å². The number of carboxylic acids is 1. The maximum Gasteiger partial charge on any atom is 0.303 e. The molecule has 126 valence electrons. The van der Waals surface area contributed by atoms with Gasteiger partial charge in [0.1, 0.15) is 0 Å². The van der Waals surface area contributed by atoms with Gasteiger partial charge < -0.3 is 10.4 Å². The van der Waals surface area contributed by atoms with E-state index in [0.29, 0.717) is 12.1 Å². The molecule has 1 atom stereocenters. The van der Waals surface area contributed by atoms with Crippen molar-refractivity contribution < 1.29 is 14.7 Å². The molecule has 0 saturated heterocycles. The van der Waals surface area contributed by atoms with Crippen LogP contribution in [-0.2, 0) is 16.0 Å². The summed E-state index contributed by atoms with van der Waals surface area (Å²) in [6.07, 6.45) is 2.25. The molecule has 24 heavy (non-hydrogen) atoms. The number of carbonyl (C=O) groups is 2. The summed E-state index contributed by atoms with van der Waals surface area (Å²) in [6.45, 7) is 2.07. The molecule has 1 amide bonds. The maximum absolute atomic E-state index is 12.7. The van der Waals surface area contributed by atoms with Gasteiger partial charge in [0.25, 0.3) is 0 Å². The van der Waals surface area contributed by atoms with Crippen molar-refractivity contribution in [3.05, 3.63) is 65.7 Å². The first-order valence-electron chi connectivity index (χ1n) is 8.26. The van der Waals surface area contributed by atoms with Gasteiger partial charge >= 0.3 is 5.97 Å². The lowest BCUT2D eigenvalue weighted by atomic mass is 9.93. The Balaban J connectivity index is 2.09. The zero-order chi connectivity index (χ0) is 17.4. The highest BCUT2D eigenvalue weighted by molar-refractivity contribution is 5.95. The van der Waals surface area contributed by atoms with E-state index >= 15 is 0 Å². The van der Waals surface area contributed by atoms with Crippen LogP contribution in [0.5, 0.6) is 0 Å². The number of aliphatic carboxylic acids is 1. The number of carbonyl (C=O) groups excluding carboxylic acids is 1. The number of hydrogen-bond donors (Lipinski definition) is 2. The summed E-state index contributed by atoms with van der Waals surface area (Å²) in [5, 5.41) is 11.7. The fourth-order valence-corrected chi connectivity index (χ4v) is 2.71. The van der Waals surface area contributed by atoms with Crippen LogP contribution in [0.25, 0.3) is 0 Å². The molecule has 0 aliphatic carbocycles. The first-order valence-corrected chi connectivity index (χ1v) is 8.26. The number of anilines is 1. The Hall–Kier alpha value is -2.62. The first kappa shape index (κ1) is 17.7. The van der Waals surface area contributed by atoms with Gasteiger partial charge in [-0.1, -0.05) is 55.8 Å². The third kappa shape index (κ3) is 5.23. The topological polar surface area (TPSA) is 66.4 Å². The van der Waals surface area contributed by atoms with E-state index in [0.717, 1.165) is 24.0 Å². The highest BCUT2D eigenvalue weighted by Gasteiger charge is 2.19. The second-order valence-electron chi connectivity index (χ2n) is 5.84. The SMILES string of the molecule is CCCC(C(=O)Nc1cccc(CCC(=O)O)c1)c1ccccc1. The largest absolute Gasteiger partial charge is 0.481 e. The second kappa shape index (κ2) is 8.87. The summed E-state index contributed by atoms with van der Waals surface area (Å²) in [7, 11) is 0. The number of benzene rings is 2. The van der Waals surface area contributed by atoms with Gasteiger partial charge in [-0.15, -0.1) is 0 Å². The highest BCUT2D eigenvalue weighted by atomic mass is 16.4. The average Bonchev–Trinajstić information content (AvgIpc) is 2.59. The molecule has 0 radical (unpaired) electrons. The van der Waals surface area contributed by atoms with Crippen molar-refractivity contribution in [2.75, 3.05) is 5.32 Å². The monoisotopic (exact) mass is 325 g/mol. The Morgan fingerprint density at radius 2 is 1.83 bits per heavy atom. The summed E-state index contributed by atoms with van der Waals surface area (Å²) >= 11 is 0. The van der Waals surface area contributed by atoms with E-state index in [4.69, 9.17) is 5.11 Å². The molecule has 0 saturated carbocycles. The van der Waals surface area contributed by atoms with Crippen LogP contribution >= 0.6 is 0 Å². The molecule has 0 aliphatic rings. The molecule has 0 spiro atoms. The third-order valence-electron chi connectivity index (χ3n) is 3.92. The Bertz CT molecular complexity index is 682. The van der Waals surface area contributed by atoms with Crippen LogP contribution < -0.4 is 5.32 Å². The molecular weight excluding hydrogens is 302 g/mol. The predicted molar refractivity (Wildman–Crippen MR) is 95.1 cm³/mol. The molecule has 0 aromatic heterocycles. The lowest BCUT2D eigenvalue weighted by Crippen LogP contribution is -2.21. The number of aryl methyl sites for hydroxylation is 1. The van der Waals surface area contributed by atoms with Gasteiger partial charge in [0, 0.05) is 12.1 Å². The highest BCUT2D eigenvalue weighted by Crippen LogP contribution is 2.23. The molecule has 2 aromatic rings. The van der Waals surface area contributed by atoms with Gasteiger partial charge in [-0.2, -0.15) is 0 Å². The minimum Gasteiger partial charge on any atom is -0.481 e. The fourth-order valence-electron chi connectivity index (χ4n) is 2.71. The van der Waals surface area contributed by atoms with Gasteiger partial charge in [-0.3, -0.25) is 9.59 Å². The summed E-state index contributed by atoms with van der Waals surface area (Å²) < 4.78 is 0. The van der Waals surface area contributed by atoms with Gasteiger partial charge in [-0.25, -0.2) is 0 Å². The standard InChI is InChI=1S/C20H23NO3/c1-2-7-18(16-9-4-3-5-10-16)20(24)21-17-11-6-8-15(14-17)12-13-19(22)23/h3-6,8-11,14,18H,2,7,12-13H2,1H3,(H,21,24)(H,22,23). The van der Waals surface area contributed by atoms with Crippen LogP contribution in [0.15, 0.2) is 54.6 Å². The fraction of sp³-hybridized carbons (Fsp3) is 0.300. The van der Waals surface area contributed by atoms with E-state index in [2.05, 4.69) is 12.2 Å². The molecule has 2 N–H and O–H groups in total. The molecule has 0 bridgehead atoms. The lowest BCUT2D eigenvalue weighted by molar-refractivity contribution is -0.137. The minimum absolute atomic E-state index is 0.0292. The first-order chi connectivity index (χ1) is 11.6. The quantitative estimate of drug-likeness (QED) is 0.763. The maximum atomic E-state index is 12.7. The van der Waals surface area contributed by atoms with Crippen LogP contribution in [0.3, 0.4) is 0 Å². The Kier molecular flexibility index (Phi) is 6.55. The zero-order valence-corrected chi connectivity index (χ0v) is 13.9. The number of amides is 1. The van der Waals surface area contributed by atoms with Crippen molar-refractivity contribution in [3.8, 4) is 0 Å². The third-order valence-corrected chi connectivity index (χ3v) is 3.92. The van der Waals surface area contributed by atoms with E-state index < -0.39 is 5.97 Å². The summed E-state index contributed by atoms with van der Waals surface area (Å²) in [4.78, 5) is 23.4. The summed E-state index contributed by atoms with van der Waals surface area (Å²) in [6, 6.07) is 17.2. The number of nitrogens with one attached hydrogen (secondary N) is 1. The van der Waals surface area contributed by atoms with Crippen molar-refractivity contribution in [3.63, 3.8) is 0 Å². The number of carboxylic acid groups (broad SMARTS) is 1. The Morgan fingerprint density at radius 3 is 2.50 bits per heavy atom. The normalized spacial score (nSPS) is 11.7. The number of hydrogen-bond acceptors (Lipinski definition) is 2. The van der Waals surface area contributed by atoms with Crippen molar-refractivity contribution in [1.29, 1.82) is 0 Å². The molecule has 2 aromatic carbocycles. The Morgan fingerprint density at radius 1 is 1.08 bits per heavy atom. The van der Waals surface area contributed by atoms with Gasteiger partial charge in [0.05, 0.1) is 5.92 Å². The van der Waals surface area contributed by atoms with Crippen LogP contribution in [0.1, 0.15) is 43.2 Å². The predicted octanol–water partition coefficient (Wildman–Crippen LogP) is 4.23. The minimum atomic E-state index is -0.823. The molecule has 0 heterocycles. The van der Waals surface area contributed by atoms with E-state index in [9.17, 15) is 9.59 Å². The molecule has 2 rings (SSSR count). The van der Waals surface area contributed by atoms with Crippen molar-refractivity contribution in [2.45, 2.75) is 38.5 Å². The molecule has 0 aliphatic heterocycles. The lowest BCUT2D eigenvalue weighted by Gasteiger charge is -2.17. The second-order valence-corrected chi connectivity index (χ2v) is 5.84. The van der Waals surface area contributed by atoms with E-state index in [-0.39, 0.29) is 18.2 Å². The van der Waals surface area contributed by atoms with E-state index in [1.54, 1.807) is 0 Å². The molecule has 4 heteroatoms. The smallest absolute Gasteiger partial charge is 0.303 e.